The van der Waals surface area contributed by atoms with Gasteiger partial charge in [0.05, 0.1) is 9.49 Å². The van der Waals surface area contributed by atoms with E-state index in [1.165, 1.54) is 11.0 Å². The summed E-state index contributed by atoms with van der Waals surface area (Å²) in [7, 11) is 0. The van der Waals surface area contributed by atoms with Gasteiger partial charge in [0, 0.05) is 13.0 Å². The lowest BCUT2D eigenvalue weighted by Crippen LogP contribution is -2.29. The summed E-state index contributed by atoms with van der Waals surface area (Å²) in [6.45, 7) is 0.168. The van der Waals surface area contributed by atoms with Crippen molar-refractivity contribution < 1.29 is 14.0 Å². The van der Waals surface area contributed by atoms with Crippen LogP contribution in [0.2, 0.25) is 0 Å². The van der Waals surface area contributed by atoms with Crippen molar-refractivity contribution in [3.63, 3.8) is 0 Å². The summed E-state index contributed by atoms with van der Waals surface area (Å²) < 4.78 is 13.6. The number of rotatable bonds is 2. The zero-order valence-electron chi connectivity index (χ0n) is 8.69. The number of carbonyl (C=O) groups is 2. The van der Waals surface area contributed by atoms with Gasteiger partial charge in [-0.15, -0.1) is 0 Å². The molecule has 2 N–H and O–H groups in total. The molecule has 0 aliphatic carbocycles. The fourth-order valence-electron chi connectivity index (χ4n) is 1.68. The Morgan fingerprint density at radius 2 is 2.29 bits per heavy atom. The van der Waals surface area contributed by atoms with E-state index in [0.717, 1.165) is 0 Å². The van der Waals surface area contributed by atoms with Crippen LogP contribution >= 0.6 is 22.6 Å². The molecule has 7 heteroatoms. The van der Waals surface area contributed by atoms with Gasteiger partial charge in [0.15, 0.2) is 0 Å². The molecule has 1 aromatic rings. The first-order chi connectivity index (χ1) is 7.99. The second kappa shape index (κ2) is 4.55. The normalized spacial score (nSPS) is 19.8. The summed E-state index contributed by atoms with van der Waals surface area (Å²) in [4.78, 5) is 27.6. The topological polar surface area (TPSA) is 76.3 Å². The number of hydrogen-bond acceptors (Lipinski definition) is 3. The van der Waals surface area contributed by atoms with Gasteiger partial charge in [-0.1, -0.05) is 0 Å². The van der Waals surface area contributed by atoms with Crippen LogP contribution in [0.5, 0.6) is 0 Å². The Labute approximate surface area is 110 Å². The molecule has 1 atom stereocenters. The highest BCUT2D eigenvalue weighted by Crippen LogP contribution is 2.24. The fraction of sp³-hybridized carbons (Fsp3) is 0.300. The van der Waals surface area contributed by atoms with E-state index < -0.39 is 17.8 Å². The van der Waals surface area contributed by atoms with Crippen molar-refractivity contribution in [3.05, 3.63) is 21.7 Å². The summed E-state index contributed by atoms with van der Waals surface area (Å²) in [6, 6.07) is 3.08. The number of pyridine rings is 1. The molecule has 5 nitrogen and oxygen atoms in total. The number of carbonyl (C=O) groups excluding carboxylic acids is 2. The van der Waals surface area contributed by atoms with Gasteiger partial charge >= 0.3 is 0 Å². The maximum Gasteiger partial charge on any atom is 0.229 e. The second-order valence-corrected chi connectivity index (χ2v) is 4.91. The average molecular weight is 349 g/mol. The van der Waals surface area contributed by atoms with Crippen molar-refractivity contribution in [2.45, 2.75) is 6.42 Å². The van der Waals surface area contributed by atoms with E-state index in [9.17, 15) is 14.0 Å². The first kappa shape index (κ1) is 12.2. The van der Waals surface area contributed by atoms with E-state index in [2.05, 4.69) is 4.98 Å². The molecule has 0 spiro atoms. The highest BCUT2D eigenvalue weighted by Gasteiger charge is 2.34. The molecular formula is C10H9FIN3O2. The van der Waals surface area contributed by atoms with Crippen molar-refractivity contribution in [1.82, 2.24) is 4.98 Å². The van der Waals surface area contributed by atoms with Crippen molar-refractivity contribution in [3.8, 4) is 0 Å². The van der Waals surface area contributed by atoms with Crippen LogP contribution in [0, 0.1) is 15.4 Å². The minimum absolute atomic E-state index is 0.0601. The van der Waals surface area contributed by atoms with E-state index in [0.29, 0.717) is 3.57 Å². The lowest BCUT2D eigenvalue weighted by atomic mass is 10.1. The predicted octanol–water partition coefficient (Wildman–Crippen LogP) is 0.663. The maximum atomic E-state index is 13.3. The molecule has 1 fully saturated rings. The molecule has 1 aromatic heterocycles. The quantitative estimate of drug-likeness (QED) is 0.630. The van der Waals surface area contributed by atoms with Gasteiger partial charge in [-0.2, -0.15) is 4.39 Å². The third-order valence-corrected chi connectivity index (χ3v) is 3.40. The largest absolute Gasteiger partial charge is 0.369 e. The minimum atomic E-state index is -0.626. The van der Waals surface area contributed by atoms with E-state index in [1.807, 2.05) is 22.6 Å². The number of hydrogen-bond donors (Lipinski definition) is 1. The Morgan fingerprint density at radius 3 is 2.82 bits per heavy atom. The van der Waals surface area contributed by atoms with Gasteiger partial charge in [-0.3, -0.25) is 14.5 Å². The molecule has 90 valence electrons. The summed E-state index contributed by atoms with van der Waals surface area (Å²) in [5.74, 6) is -1.71. The van der Waals surface area contributed by atoms with E-state index >= 15 is 0 Å². The summed E-state index contributed by atoms with van der Waals surface area (Å²) in [5, 5.41) is 0. The number of anilines is 1. The van der Waals surface area contributed by atoms with Crippen LogP contribution < -0.4 is 10.6 Å². The zero-order valence-corrected chi connectivity index (χ0v) is 10.8. The SMILES string of the molecule is NC(=O)C1CC(=O)N(c2ccc(I)c(F)n2)C1. The van der Waals surface area contributed by atoms with Gasteiger partial charge in [0.2, 0.25) is 17.8 Å². The summed E-state index contributed by atoms with van der Waals surface area (Å²) in [6.07, 6.45) is 0.0601. The molecule has 1 saturated heterocycles. The number of halogens is 2. The van der Waals surface area contributed by atoms with Crippen LogP contribution in [0.3, 0.4) is 0 Å². The van der Waals surface area contributed by atoms with Crippen LogP contribution in [0.1, 0.15) is 6.42 Å². The van der Waals surface area contributed by atoms with Crippen molar-refractivity contribution in [1.29, 1.82) is 0 Å². The monoisotopic (exact) mass is 349 g/mol. The lowest BCUT2D eigenvalue weighted by Gasteiger charge is -2.14. The molecule has 0 aromatic carbocycles. The van der Waals surface area contributed by atoms with Crippen molar-refractivity contribution in [2.75, 3.05) is 11.4 Å². The number of nitrogens with zero attached hydrogens (tertiary/aromatic N) is 2. The Morgan fingerprint density at radius 1 is 1.59 bits per heavy atom. The number of primary amides is 1. The average Bonchev–Trinajstić information content (AvgIpc) is 2.65. The Kier molecular flexibility index (Phi) is 3.27. The molecule has 1 aliphatic rings. The molecule has 2 amide bonds. The van der Waals surface area contributed by atoms with E-state index in [1.54, 1.807) is 6.07 Å². The van der Waals surface area contributed by atoms with Crippen LogP contribution in [-0.2, 0) is 9.59 Å². The van der Waals surface area contributed by atoms with Gasteiger partial charge in [-0.25, -0.2) is 4.98 Å². The standard InChI is InChI=1S/C10H9FIN3O2/c11-9-6(12)1-2-7(14-9)15-4-5(10(13)17)3-8(15)16/h1-2,5H,3-4H2,(H2,13,17). The Bertz CT molecular complexity index is 494. The first-order valence-corrected chi connectivity index (χ1v) is 5.98. The molecule has 1 aliphatic heterocycles. The molecule has 0 radical (unpaired) electrons. The van der Waals surface area contributed by atoms with Crippen molar-refractivity contribution in [2.24, 2.45) is 11.7 Å². The fourth-order valence-corrected chi connectivity index (χ4v) is 1.98. The highest BCUT2D eigenvalue weighted by molar-refractivity contribution is 14.1. The van der Waals surface area contributed by atoms with Gasteiger partial charge in [0.25, 0.3) is 0 Å². The molecule has 17 heavy (non-hydrogen) atoms. The molecule has 1 unspecified atom stereocenters. The summed E-state index contributed by atoms with van der Waals surface area (Å²) >= 11 is 1.81. The number of nitrogens with two attached hydrogens (primary N) is 1. The van der Waals surface area contributed by atoms with Crippen LogP contribution in [0.15, 0.2) is 12.1 Å². The van der Waals surface area contributed by atoms with Crippen LogP contribution in [0.25, 0.3) is 0 Å². The molecule has 2 heterocycles. The number of amides is 2. The minimum Gasteiger partial charge on any atom is -0.369 e. The highest BCUT2D eigenvalue weighted by atomic mass is 127. The molecule has 2 rings (SSSR count). The molecular weight excluding hydrogens is 340 g/mol. The summed E-state index contributed by atoms with van der Waals surface area (Å²) in [5.41, 5.74) is 5.14. The van der Waals surface area contributed by atoms with Crippen LogP contribution in [-0.4, -0.2) is 23.3 Å². The van der Waals surface area contributed by atoms with Gasteiger partial charge in [-0.05, 0) is 34.7 Å². The third kappa shape index (κ3) is 2.38. The smallest absolute Gasteiger partial charge is 0.229 e. The zero-order chi connectivity index (χ0) is 12.6. The first-order valence-electron chi connectivity index (χ1n) is 4.90. The maximum absolute atomic E-state index is 13.3. The lowest BCUT2D eigenvalue weighted by molar-refractivity contribution is -0.123. The third-order valence-electron chi connectivity index (χ3n) is 2.59. The Hall–Kier alpha value is -1.25. The van der Waals surface area contributed by atoms with E-state index in [4.69, 9.17) is 5.73 Å². The van der Waals surface area contributed by atoms with Crippen LogP contribution in [0.4, 0.5) is 10.2 Å². The van der Waals surface area contributed by atoms with Gasteiger partial charge < -0.3 is 5.73 Å². The van der Waals surface area contributed by atoms with Gasteiger partial charge in [0.1, 0.15) is 5.82 Å². The van der Waals surface area contributed by atoms with E-state index in [-0.39, 0.29) is 24.7 Å². The predicted molar refractivity (Wildman–Crippen MR) is 66.6 cm³/mol. The number of aromatic nitrogens is 1. The molecule has 0 bridgehead atoms. The second-order valence-electron chi connectivity index (χ2n) is 3.75. The van der Waals surface area contributed by atoms with Crippen molar-refractivity contribution >= 4 is 40.2 Å². The Balaban J connectivity index is 2.26. The molecule has 0 saturated carbocycles.